The Kier molecular flexibility index (Phi) is 8.42. The van der Waals surface area contributed by atoms with Crippen LogP contribution < -0.4 is 38.4 Å². The summed E-state index contributed by atoms with van der Waals surface area (Å²) in [6.07, 6.45) is 2.30. The zero-order valence-corrected chi connectivity index (χ0v) is 19.1. The minimum atomic E-state index is 0. The van der Waals surface area contributed by atoms with Gasteiger partial charge in [0.1, 0.15) is 12.6 Å². The molecule has 1 N–H and O–H groups in total. The van der Waals surface area contributed by atoms with Gasteiger partial charge in [-0.15, -0.1) is 0 Å². The largest absolute Gasteiger partial charge is 1.00 e. The van der Waals surface area contributed by atoms with Gasteiger partial charge in [-0.3, -0.25) is 0 Å². The van der Waals surface area contributed by atoms with E-state index in [1.54, 1.807) is 4.90 Å². The Bertz CT molecular complexity index is 718. The molecule has 1 heterocycles. The maximum Gasteiger partial charge on any atom is 0.161 e. The summed E-state index contributed by atoms with van der Waals surface area (Å²) in [6, 6.07) is 15.3. The lowest BCUT2D eigenvalue weighted by Crippen LogP contribution is -3.10. The predicted molar refractivity (Wildman–Crippen MR) is 106 cm³/mol. The molecular weight excluding hydrogens is 449 g/mol. The fourth-order valence-electron chi connectivity index (χ4n) is 3.85. The van der Waals surface area contributed by atoms with E-state index >= 15 is 0 Å². The first-order chi connectivity index (χ1) is 12.6. The molecule has 0 aliphatic carbocycles. The number of ether oxygens (including phenoxy) is 2. The highest BCUT2D eigenvalue weighted by molar-refractivity contribution is 5.49. The van der Waals surface area contributed by atoms with Gasteiger partial charge in [-0.1, -0.05) is 44.2 Å². The molecule has 4 heteroatoms. The van der Waals surface area contributed by atoms with Crippen molar-refractivity contribution >= 4 is 0 Å². The Balaban J connectivity index is 0.00000261. The average molecular weight is 481 g/mol. The highest BCUT2D eigenvalue weighted by Crippen LogP contribution is 2.36. The molecule has 148 valence electrons. The summed E-state index contributed by atoms with van der Waals surface area (Å²) >= 11 is 0. The first-order valence-corrected chi connectivity index (χ1v) is 9.87. The Hall–Kier alpha value is -1.27. The summed E-state index contributed by atoms with van der Waals surface area (Å²) in [4.78, 5) is 1.60. The van der Waals surface area contributed by atoms with Crippen molar-refractivity contribution in [3.8, 4) is 11.5 Å². The quantitative estimate of drug-likeness (QED) is 0.593. The lowest BCUT2D eigenvalue weighted by Gasteiger charge is -2.33. The summed E-state index contributed by atoms with van der Waals surface area (Å²) in [7, 11) is 2.32. The first-order valence-electron chi connectivity index (χ1n) is 9.87. The minimum absolute atomic E-state index is 0. The van der Waals surface area contributed by atoms with Crippen molar-refractivity contribution in [3.63, 3.8) is 0 Å². The molecule has 0 saturated heterocycles. The van der Waals surface area contributed by atoms with Crippen molar-refractivity contribution in [2.75, 3.05) is 20.2 Å². The van der Waals surface area contributed by atoms with Crippen molar-refractivity contribution in [3.05, 3.63) is 59.2 Å². The highest BCUT2D eigenvalue weighted by Gasteiger charge is 2.30. The number of likely N-dealkylation sites (N-methyl/N-ethyl adjacent to an activating group) is 1. The second-order valence-corrected chi connectivity index (χ2v) is 7.73. The topological polar surface area (TPSA) is 22.9 Å². The summed E-state index contributed by atoms with van der Waals surface area (Å²) in [5.74, 6) is 2.44. The summed E-state index contributed by atoms with van der Waals surface area (Å²) in [5.41, 5.74) is 4.04. The van der Waals surface area contributed by atoms with Crippen LogP contribution in [0.3, 0.4) is 0 Å². The van der Waals surface area contributed by atoms with Crippen LogP contribution in [0.15, 0.2) is 42.5 Å². The fourth-order valence-corrected chi connectivity index (χ4v) is 3.85. The molecule has 2 unspecified atom stereocenters. The molecule has 0 amide bonds. The Morgan fingerprint density at radius 1 is 1.07 bits per heavy atom. The Labute approximate surface area is 181 Å². The van der Waals surface area contributed by atoms with Crippen molar-refractivity contribution in [1.82, 2.24) is 0 Å². The van der Waals surface area contributed by atoms with Crippen LogP contribution in [0.4, 0.5) is 0 Å². The zero-order chi connectivity index (χ0) is 18.5. The van der Waals surface area contributed by atoms with Crippen LogP contribution in [0.2, 0.25) is 0 Å². The smallest absolute Gasteiger partial charge is 0.161 e. The molecule has 0 bridgehead atoms. The van der Waals surface area contributed by atoms with Crippen LogP contribution in [0, 0.1) is 5.92 Å². The molecule has 2 aromatic carbocycles. The van der Waals surface area contributed by atoms with E-state index in [2.05, 4.69) is 45.2 Å². The zero-order valence-electron chi connectivity index (χ0n) is 16.9. The van der Waals surface area contributed by atoms with Gasteiger partial charge in [-0.25, -0.2) is 0 Å². The van der Waals surface area contributed by atoms with E-state index in [1.165, 1.54) is 29.7 Å². The SMILES string of the molecule is CCOc1cc2c(cc1OCc1ccccc1)CC[NH+](C)C2CC(C)C.[I-]. The monoisotopic (exact) mass is 481 g/mol. The van der Waals surface area contributed by atoms with Crippen molar-refractivity contribution < 1.29 is 38.4 Å². The molecule has 0 aromatic heterocycles. The fraction of sp³-hybridized carbons (Fsp3) is 0.478. The van der Waals surface area contributed by atoms with Crippen LogP contribution >= 0.6 is 0 Å². The Morgan fingerprint density at radius 2 is 1.78 bits per heavy atom. The second-order valence-electron chi connectivity index (χ2n) is 7.73. The number of hydrogen-bond acceptors (Lipinski definition) is 2. The third-order valence-corrected chi connectivity index (χ3v) is 5.21. The summed E-state index contributed by atoms with van der Waals surface area (Å²) in [5, 5.41) is 0. The molecule has 0 spiro atoms. The van der Waals surface area contributed by atoms with Crippen LogP contribution in [-0.4, -0.2) is 20.2 Å². The van der Waals surface area contributed by atoms with Crippen molar-refractivity contribution in [1.29, 1.82) is 0 Å². The van der Waals surface area contributed by atoms with Crippen LogP contribution in [0.5, 0.6) is 11.5 Å². The molecule has 1 aliphatic rings. The van der Waals surface area contributed by atoms with E-state index < -0.39 is 0 Å². The number of hydrogen-bond donors (Lipinski definition) is 1. The van der Waals surface area contributed by atoms with Crippen LogP contribution in [0.25, 0.3) is 0 Å². The minimum Gasteiger partial charge on any atom is -1.00 e. The van der Waals surface area contributed by atoms with Gasteiger partial charge in [0.15, 0.2) is 11.5 Å². The van der Waals surface area contributed by atoms with E-state index in [0.717, 1.165) is 17.9 Å². The van der Waals surface area contributed by atoms with Gasteiger partial charge in [-0.05, 0) is 36.1 Å². The van der Waals surface area contributed by atoms with Gasteiger partial charge in [0.05, 0.1) is 20.2 Å². The molecular formula is C23H32INO2. The molecule has 3 nitrogen and oxygen atoms in total. The van der Waals surface area contributed by atoms with Crippen LogP contribution in [0.1, 0.15) is 49.9 Å². The highest BCUT2D eigenvalue weighted by atomic mass is 127. The van der Waals surface area contributed by atoms with E-state index in [0.29, 0.717) is 25.2 Å². The molecule has 0 saturated carbocycles. The van der Waals surface area contributed by atoms with Gasteiger partial charge in [0.2, 0.25) is 0 Å². The predicted octanol–water partition coefficient (Wildman–Crippen LogP) is 0.826. The maximum absolute atomic E-state index is 6.15. The molecule has 0 radical (unpaired) electrons. The van der Waals surface area contributed by atoms with E-state index in [4.69, 9.17) is 9.47 Å². The summed E-state index contributed by atoms with van der Waals surface area (Å²) in [6.45, 7) is 9.04. The van der Waals surface area contributed by atoms with E-state index in [-0.39, 0.29) is 24.0 Å². The van der Waals surface area contributed by atoms with Crippen molar-refractivity contribution in [2.45, 2.75) is 46.3 Å². The third-order valence-electron chi connectivity index (χ3n) is 5.21. The molecule has 2 aromatic rings. The number of benzene rings is 2. The number of rotatable bonds is 7. The van der Waals surface area contributed by atoms with Gasteiger partial charge in [-0.2, -0.15) is 0 Å². The standard InChI is InChI=1S/C23H31NO2.HI/c1-5-25-23-15-20-19(11-12-24(4)21(20)13-17(2)3)14-22(23)26-16-18-9-7-6-8-10-18;/h6-10,14-15,17,21H,5,11-13,16H2,1-4H3;1H. The lowest BCUT2D eigenvalue weighted by molar-refractivity contribution is -0.915. The molecule has 27 heavy (non-hydrogen) atoms. The normalized spacial score (nSPS) is 18.6. The third kappa shape index (κ3) is 5.61. The number of quaternary nitrogens is 1. The van der Waals surface area contributed by atoms with Gasteiger partial charge in [0.25, 0.3) is 0 Å². The Morgan fingerprint density at radius 3 is 2.44 bits per heavy atom. The van der Waals surface area contributed by atoms with E-state index in [9.17, 15) is 0 Å². The maximum atomic E-state index is 6.15. The molecule has 1 aliphatic heterocycles. The summed E-state index contributed by atoms with van der Waals surface area (Å²) < 4.78 is 12.1. The number of fused-ring (bicyclic) bond motifs is 1. The van der Waals surface area contributed by atoms with Gasteiger partial charge >= 0.3 is 0 Å². The van der Waals surface area contributed by atoms with Crippen molar-refractivity contribution in [2.24, 2.45) is 5.92 Å². The average Bonchev–Trinajstić information content (AvgIpc) is 2.63. The number of halogens is 1. The van der Waals surface area contributed by atoms with Gasteiger partial charge in [0, 0.05) is 18.4 Å². The lowest BCUT2D eigenvalue weighted by atomic mass is 9.87. The van der Waals surface area contributed by atoms with Crippen LogP contribution in [-0.2, 0) is 13.0 Å². The molecule has 2 atom stereocenters. The first kappa shape index (κ1) is 22.0. The van der Waals surface area contributed by atoms with E-state index in [1.807, 2.05) is 25.1 Å². The second kappa shape index (κ2) is 10.3. The number of nitrogens with one attached hydrogen (secondary N) is 1. The van der Waals surface area contributed by atoms with Gasteiger partial charge < -0.3 is 38.4 Å². The molecule has 3 rings (SSSR count). The molecule has 0 fully saturated rings.